The second-order valence-corrected chi connectivity index (χ2v) is 4.75. The average molecular weight is 222 g/mol. The van der Waals surface area contributed by atoms with Crippen molar-refractivity contribution in [3.63, 3.8) is 0 Å². The van der Waals surface area contributed by atoms with Gasteiger partial charge in [0.2, 0.25) is 0 Å². The molecule has 0 fully saturated rings. The molecule has 0 saturated heterocycles. The monoisotopic (exact) mass is 222 g/mol. The zero-order valence-electron chi connectivity index (χ0n) is 10.4. The highest BCUT2D eigenvalue weighted by Crippen LogP contribution is 2.17. The van der Waals surface area contributed by atoms with Crippen LogP contribution in [0.1, 0.15) is 26.7 Å². The van der Waals surface area contributed by atoms with Crippen LogP contribution in [0.5, 0.6) is 5.75 Å². The molecule has 0 aromatic heterocycles. The molecule has 0 unspecified atom stereocenters. The number of nitrogens with one attached hydrogen (secondary N) is 1. The van der Waals surface area contributed by atoms with Gasteiger partial charge in [0, 0.05) is 23.8 Å². The second-order valence-electron chi connectivity index (χ2n) is 4.75. The fraction of sp³-hybridized carbons (Fsp3) is 0.538. The normalized spacial score (nSPS) is 11.2. The predicted molar refractivity (Wildman–Crippen MR) is 69.0 cm³/mol. The van der Waals surface area contributed by atoms with E-state index >= 15 is 0 Å². The van der Waals surface area contributed by atoms with Crippen molar-refractivity contribution in [2.45, 2.75) is 32.2 Å². The standard InChI is InChI=1S/C13H22N2O/c1-13(2,14)8-5-9-15-11-6-4-7-12(10-11)16-3/h4,6-7,10,15H,5,8-9,14H2,1-3H3. The van der Waals surface area contributed by atoms with E-state index in [0.717, 1.165) is 30.8 Å². The van der Waals surface area contributed by atoms with Gasteiger partial charge in [-0.05, 0) is 38.8 Å². The SMILES string of the molecule is COc1cccc(NCCCC(C)(C)N)c1. The number of anilines is 1. The maximum Gasteiger partial charge on any atom is 0.120 e. The zero-order valence-corrected chi connectivity index (χ0v) is 10.4. The van der Waals surface area contributed by atoms with Gasteiger partial charge in [-0.25, -0.2) is 0 Å². The minimum Gasteiger partial charge on any atom is -0.497 e. The Morgan fingerprint density at radius 1 is 1.38 bits per heavy atom. The first-order chi connectivity index (χ1) is 7.51. The fourth-order valence-corrected chi connectivity index (χ4v) is 1.51. The molecule has 0 spiro atoms. The van der Waals surface area contributed by atoms with Gasteiger partial charge in [-0.3, -0.25) is 0 Å². The van der Waals surface area contributed by atoms with Crippen LogP contribution in [0.2, 0.25) is 0 Å². The van der Waals surface area contributed by atoms with E-state index in [1.807, 2.05) is 24.3 Å². The molecule has 0 aliphatic carbocycles. The summed E-state index contributed by atoms with van der Waals surface area (Å²) in [5.41, 5.74) is 6.93. The molecule has 3 N–H and O–H groups in total. The lowest BCUT2D eigenvalue weighted by molar-refractivity contribution is 0.415. The minimum atomic E-state index is -0.0734. The molecule has 0 atom stereocenters. The van der Waals surface area contributed by atoms with Gasteiger partial charge >= 0.3 is 0 Å². The number of nitrogens with two attached hydrogens (primary N) is 1. The first-order valence-corrected chi connectivity index (χ1v) is 5.68. The van der Waals surface area contributed by atoms with E-state index in [-0.39, 0.29) is 5.54 Å². The topological polar surface area (TPSA) is 47.3 Å². The molecule has 0 saturated carbocycles. The van der Waals surface area contributed by atoms with E-state index < -0.39 is 0 Å². The third-order valence-corrected chi connectivity index (χ3v) is 2.40. The van der Waals surface area contributed by atoms with E-state index in [1.165, 1.54) is 0 Å². The largest absolute Gasteiger partial charge is 0.497 e. The molecule has 0 bridgehead atoms. The highest BCUT2D eigenvalue weighted by Gasteiger charge is 2.08. The number of hydrogen-bond donors (Lipinski definition) is 2. The van der Waals surface area contributed by atoms with Gasteiger partial charge in [0.1, 0.15) is 5.75 Å². The lowest BCUT2D eigenvalue weighted by Gasteiger charge is -2.18. The Morgan fingerprint density at radius 3 is 2.75 bits per heavy atom. The minimum absolute atomic E-state index is 0.0734. The van der Waals surface area contributed by atoms with Crippen LogP contribution in [0.4, 0.5) is 5.69 Å². The highest BCUT2D eigenvalue weighted by atomic mass is 16.5. The molecule has 1 aromatic carbocycles. The molecule has 0 radical (unpaired) electrons. The van der Waals surface area contributed by atoms with Crippen LogP contribution in [-0.2, 0) is 0 Å². The molecular formula is C13H22N2O. The molecule has 1 aromatic rings. The molecule has 0 amide bonds. The van der Waals surface area contributed by atoms with Crippen molar-refractivity contribution < 1.29 is 4.74 Å². The van der Waals surface area contributed by atoms with Gasteiger partial charge in [0.25, 0.3) is 0 Å². The van der Waals surface area contributed by atoms with Crippen molar-refractivity contribution in [1.82, 2.24) is 0 Å². The predicted octanol–water partition coefficient (Wildman–Crippen LogP) is 2.62. The van der Waals surface area contributed by atoms with Crippen molar-refractivity contribution in [1.29, 1.82) is 0 Å². The maximum atomic E-state index is 5.91. The van der Waals surface area contributed by atoms with Crippen molar-refractivity contribution in [2.24, 2.45) is 5.73 Å². The van der Waals surface area contributed by atoms with Crippen molar-refractivity contribution in [3.05, 3.63) is 24.3 Å². The molecule has 16 heavy (non-hydrogen) atoms. The van der Waals surface area contributed by atoms with Crippen LogP contribution >= 0.6 is 0 Å². The van der Waals surface area contributed by atoms with Crippen LogP contribution in [-0.4, -0.2) is 19.2 Å². The Labute approximate surface area is 98.0 Å². The quantitative estimate of drug-likeness (QED) is 0.727. The third-order valence-electron chi connectivity index (χ3n) is 2.40. The summed E-state index contributed by atoms with van der Waals surface area (Å²) in [5.74, 6) is 0.879. The highest BCUT2D eigenvalue weighted by molar-refractivity contribution is 5.47. The molecule has 0 heterocycles. The van der Waals surface area contributed by atoms with Gasteiger partial charge in [0.15, 0.2) is 0 Å². The van der Waals surface area contributed by atoms with Gasteiger partial charge < -0.3 is 15.8 Å². The van der Waals surface area contributed by atoms with E-state index in [1.54, 1.807) is 7.11 Å². The van der Waals surface area contributed by atoms with Crippen molar-refractivity contribution in [2.75, 3.05) is 19.0 Å². The maximum absolute atomic E-state index is 5.91. The first kappa shape index (κ1) is 12.8. The van der Waals surface area contributed by atoms with E-state index in [0.29, 0.717) is 0 Å². The van der Waals surface area contributed by atoms with Gasteiger partial charge in [-0.2, -0.15) is 0 Å². The van der Waals surface area contributed by atoms with Gasteiger partial charge in [-0.15, -0.1) is 0 Å². The Bertz CT molecular complexity index is 318. The number of rotatable bonds is 6. The van der Waals surface area contributed by atoms with Crippen molar-refractivity contribution in [3.8, 4) is 5.75 Å². The van der Waals surface area contributed by atoms with Crippen LogP contribution in [0.25, 0.3) is 0 Å². The second kappa shape index (κ2) is 5.75. The summed E-state index contributed by atoms with van der Waals surface area (Å²) in [6.07, 6.45) is 2.09. The van der Waals surface area contributed by atoms with Crippen LogP contribution < -0.4 is 15.8 Å². The number of hydrogen-bond acceptors (Lipinski definition) is 3. The molecule has 0 aliphatic heterocycles. The van der Waals surface area contributed by atoms with Crippen LogP contribution in [0.15, 0.2) is 24.3 Å². The number of benzene rings is 1. The Balaban J connectivity index is 2.32. The lowest BCUT2D eigenvalue weighted by Crippen LogP contribution is -2.32. The molecule has 3 heteroatoms. The molecule has 1 rings (SSSR count). The molecular weight excluding hydrogens is 200 g/mol. The average Bonchev–Trinajstić information content (AvgIpc) is 2.23. The Morgan fingerprint density at radius 2 is 2.12 bits per heavy atom. The van der Waals surface area contributed by atoms with Crippen LogP contribution in [0.3, 0.4) is 0 Å². The number of ether oxygens (including phenoxy) is 1. The molecule has 3 nitrogen and oxygen atoms in total. The van der Waals surface area contributed by atoms with Crippen molar-refractivity contribution >= 4 is 5.69 Å². The van der Waals surface area contributed by atoms with E-state index in [4.69, 9.17) is 10.5 Å². The summed E-state index contributed by atoms with van der Waals surface area (Å²) < 4.78 is 5.16. The van der Waals surface area contributed by atoms with Gasteiger partial charge in [-0.1, -0.05) is 6.07 Å². The third kappa shape index (κ3) is 5.03. The summed E-state index contributed by atoms with van der Waals surface area (Å²) in [4.78, 5) is 0. The lowest BCUT2D eigenvalue weighted by atomic mass is 10.0. The fourth-order valence-electron chi connectivity index (χ4n) is 1.51. The van der Waals surface area contributed by atoms with E-state index in [2.05, 4.69) is 19.2 Å². The first-order valence-electron chi connectivity index (χ1n) is 5.68. The van der Waals surface area contributed by atoms with Gasteiger partial charge in [0.05, 0.1) is 7.11 Å². The summed E-state index contributed by atoms with van der Waals surface area (Å²) in [5, 5.41) is 3.36. The Hall–Kier alpha value is -1.22. The molecule has 90 valence electrons. The zero-order chi connectivity index (χ0) is 12.0. The summed E-state index contributed by atoms with van der Waals surface area (Å²) >= 11 is 0. The summed E-state index contributed by atoms with van der Waals surface area (Å²) in [6, 6.07) is 7.95. The number of methoxy groups -OCH3 is 1. The van der Waals surface area contributed by atoms with E-state index in [9.17, 15) is 0 Å². The summed E-state index contributed by atoms with van der Waals surface area (Å²) in [6.45, 7) is 5.05. The summed E-state index contributed by atoms with van der Waals surface area (Å²) in [7, 11) is 1.68. The smallest absolute Gasteiger partial charge is 0.120 e. The molecule has 0 aliphatic rings. The van der Waals surface area contributed by atoms with Crippen LogP contribution in [0, 0.1) is 0 Å². The Kier molecular flexibility index (Phi) is 4.62.